The van der Waals surface area contributed by atoms with E-state index in [9.17, 15) is 0 Å². The highest BCUT2D eigenvalue weighted by atomic mass is 35.5. The highest BCUT2D eigenvalue weighted by Gasteiger charge is 2.20. The molecule has 0 aromatic heterocycles. The van der Waals surface area contributed by atoms with Gasteiger partial charge in [0, 0.05) is 12.3 Å². The summed E-state index contributed by atoms with van der Waals surface area (Å²) >= 11 is 16.4. The number of aliphatic hydroxyl groups is 1. The lowest BCUT2D eigenvalue weighted by atomic mass is 10.2. The van der Waals surface area contributed by atoms with Crippen LogP contribution >= 0.6 is 34.8 Å². The third-order valence-electron chi connectivity index (χ3n) is 0.772. The van der Waals surface area contributed by atoms with Crippen LogP contribution in [-0.4, -0.2) is 21.4 Å². The largest absolute Gasteiger partial charge is 0.392 e. The van der Waals surface area contributed by atoms with Crippen LogP contribution in [0.3, 0.4) is 0 Å². The van der Waals surface area contributed by atoms with Gasteiger partial charge in [-0.3, -0.25) is 0 Å². The maximum absolute atomic E-state index is 8.89. The molecule has 56 valence electrons. The van der Waals surface area contributed by atoms with Crippen molar-refractivity contribution in [2.75, 3.05) is 5.88 Å². The summed E-state index contributed by atoms with van der Waals surface area (Å²) in [6.45, 7) is 1.62. The Balaban J connectivity index is 3.47. The number of hydrogen-bond acceptors (Lipinski definition) is 1. The summed E-state index contributed by atoms with van der Waals surface area (Å²) in [7, 11) is 0. The van der Waals surface area contributed by atoms with E-state index >= 15 is 0 Å². The van der Waals surface area contributed by atoms with Crippen LogP contribution in [0.4, 0.5) is 0 Å². The van der Waals surface area contributed by atoms with Crippen molar-refractivity contribution < 1.29 is 5.11 Å². The zero-order chi connectivity index (χ0) is 7.49. The van der Waals surface area contributed by atoms with Gasteiger partial charge in [0.15, 0.2) is 0 Å². The molecular formula is C5H9Cl3O. The molecule has 0 aliphatic heterocycles. The quantitative estimate of drug-likeness (QED) is 0.678. The Morgan fingerprint density at radius 1 is 1.56 bits per heavy atom. The third kappa shape index (κ3) is 6.72. The second-order valence-corrected chi connectivity index (χ2v) is 4.25. The average Bonchev–Trinajstić information content (AvgIpc) is 1.62. The normalized spacial score (nSPS) is 15.7. The molecule has 1 N–H and O–H groups in total. The number of alkyl halides is 3. The standard InChI is InChI=1S/C5H9Cl3O/c1-5(7,8)2-4(9)3-6/h4,9H,2-3H2,1H3. The minimum atomic E-state index is -0.867. The fourth-order valence-corrected chi connectivity index (χ4v) is 0.934. The van der Waals surface area contributed by atoms with Crippen LogP contribution < -0.4 is 0 Å². The SMILES string of the molecule is CC(Cl)(Cl)CC(O)CCl. The van der Waals surface area contributed by atoms with Gasteiger partial charge in [-0.1, -0.05) is 0 Å². The molecule has 1 unspecified atom stereocenters. The van der Waals surface area contributed by atoms with Gasteiger partial charge in [0.25, 0.3) is 0 Å². The predicted octanol–water partition coefficient (Wildman–Crippen LogP) is 2.17. The zero-order valence-electron chi connectivity index (χ0n) is 5.07. The van der Waals surface area contributed by atoms with Gasteiger partial charge in [-0.2, -0.15) is 0 Å². The molecule has 0 spiro atoms. The molecule has 0 radical (unpaired) electrons. The van der Waals surface area contributed by atoms with Crippen molar-refractivity contribution in [2.24, 2.45) is 0 Å². The molecule has 0 rings (SSSR count). The summed E-state index contributed by atoms with van der Waals surface area (Å²) in [5.74, 6) is 0.176. The van der Waals surface area contributed by atoms with Crippen LogP contribution in [0.15, 0.2) is 0 Å². The summed E-state index contributed by atoms with van der Waals surface area (Å²) in [6.07, 6.45) is -0.300. The number of halogens is 3. The first kappa shape index (κ1) is 9.83. The van der Waals surface area contributed by atoms with E-state index in [2.05, 4.69) is 0 Å². The summed E-state index contributed by atoms with van der Waals surface area (Å²) in [4.78, 5) is 0. The van der Waals surface area contributed by atoms with Crippen LogP contribution in [0, 0.1) is 0 Å². The van der Waals surface area contributed by atoms with Crippen LogP contribution in [0.2, 0.25) is 0 Å². The molecule has 4 heteroatoms. The van der Waals surface area contributed by atoms with Gasteiger partial charge in [0.2, 0.25) is 0 Å². The van der Waals surface area contributed by atoms with E-state index < -0.39 is 10.4 Å². The number of aliphatic hydroxyl groups excluding tert-OH is 1. The first-order chi connectivity index (χ1) is 3.95. The lowest BCUT2D eigenvalue weighted by molar-refractivity contribution is 0.184. The summed E-state index contributed by atoms with van der Waals surface area (Å²) in [6, 6.07) is 0. The van der Waals surface area contributed by atoms with Crippen molar-refractivity contribution in [3.8, 4) is 0 Å². The molecule has 1 atom stereocenters. The molecule has 0 aromatic carbocycles. The van der Waals surface area contributed by atoms with Gasteiger partial charge in [0.1, 0.15) is 4.33 Å². The minimum absolute atomic E-state index is 0.176. The minimum Gasteiger partial charge on any atom is -0.392 e. The van der Waals surface area contributed by atoms with Crippen molar-refractivity contribution in [2.45, 2.75) is 23.8 Å². The molecule has 0 amide bonds. The Labute approximate surface area is 69.9 Å². The Bertz CT molecular complexity index is 78.8. The molecule has 0 aliphatic rings. The highest BCUT2D eigenvalue weighted by Crippen LogP contribution is 2.25. The van der Waals surface area contributed by atoms with Crippen molar-refractivity contribution in [1.29, 1.82) is 0 Å². The van der Waals surface area contributed by atoms with E-state index in [1.165, 1.54) is 0 Å². The first-order valence-corrected chi connectivity index (χ1v) is 3.86. The number of hydrogen-bond donors (Lipinski definition) is 1. The smallest absolute Gasteiger partial charge is 0.118 e. The van der Waals surface area contributed by atoms with Gasteiger partial charge in [-0.05, 0) is 6.92 Å². The predicted molar refractivity (Wildman–Crippen MR) is 41.5 cm³/mol. The number of rotatable bonds is 3. The van der Waals surface area contributed by atoms with Gasteiger partial charge < -0.3 is 5.11 Å². The van der Waals surface area contributed by atoms with Crippen LogP contribution in [0.25, 0.3) is 0 Å². The van der Waals surface area contributed by atoms with E-state index in [-0.39, 0.29) is 5.88 Å². The van der Waals surface area contributed by atoms with Crippen molar-refractivity contribution in [3.05, 3.63) is 0 Å². The Kier molecular flexibility index (Phi) is 4.22. The van der Waals surface area contributed by atoms with E-state index in [0.29, 0.717) is 6.42 Å². The highest BCUT2D eigenvalue weighted by molar-refractivity contribution is 6.48. The van der Waals surface area contributed by atoms with E-state index in [0.717, 1.165) is 0 Å². The van der Waals surface area contributed by atoms with Gasteiger partial charge in [-0.15, -0.1) is 34.8 Å². The molecule has 1 nitrogen and oxygen atoms in total. The molecule has 0 aromatic rings. The molecule has 9 heavy (non-hydrogen) atoms. The Morgan fingerprint density at radius 3 is 2.11 bits per heavy atom. The van der Waals surface area contributed by atoms with E-state index in [4.69, 9.17) is 39.9 Å². The molecule has 0 saturated carbocycles. The fraction of sp³-hybridized carbons (Fsp3) is 1.00. The second-order valence-electron chi connectivity index (χ2n) is 2.08. The summed E-state index contributed by atoms with van der Waals surface area (Å²) in [5, 5.41) is 8.89. The fourth-order valence-electron chi connectivity index (χ4n) is 0.468. The zero-order valence-corrected chi connectivity index (χ0v) is 7.34. The van der Waals surface area contributed by atoms with Crippen LogP contribution in [0.5, 0.6) is 0 Å². The molecular weight excluding hydrogens is 182 g/mol. The molecule has 0 bridgehead atoms. The van der Waals surface area contributed by atoms with Crippen molar-refractivity contribution in [1.82, 2.24) is 0 Å². The van der Waals surface area contributed by atoms with E-state index in [1.807, 2.05) is 0 Å². The summed E-state index contributed by atoms with van der Waals surface area (Å²) in [5.41, 5.74) is 0. The molecule has 0 heterocycles. The second kappa shape index (κ2) is 3.87. The van der Waals surface area contributed by atoms with Crippen LogP contribution in [-0.2, 0) is 0 Å². The Morgan fingerprint density at radius 2 is 2.00 bits per heavy atom. The average molecular weight is 191 g/mol. The topological polar surface area (TPSA) is 20.2 Å². The van der Waals surface area contributed by atoms with Crippen molar-refractivity contribution in [3.63, 3.8) is 0 Å². The third-order valence-corrected chi connectivity index (χ3v) is 1.44. The maximum atomic E-state index is 8.89. The Hall–Kier alpha value is 0.830. The van der Waals surface area contributed by atoms with Gasteiger partial charge in [-0.25, -0.2) is 0 Å². The molecule has 0 fully saturated rings. The summed E-state index contributed by atoms with van der Waals surface area (Å²) < 4.78 is -0.867. The monoisotopic (exact) mass is 190 g/mol. The van der Waals surface area contributed by atoms with Gasteiger partial charge in [0.05, 0.1) is 6.10 Å². The maximum Gasteiger partial charge on any atom is 0.118 e. The first-order valence-electron chi connectivity index (χ1n) is 2.57. The van der Waals surface area contributed by atoms with E-state index in [1.54, 1.807) is 6.92 Å². The lowest BCUT2D eigenvalue weighted by Crippen LogP contribution is -2.19. The molecule has 0 saturated heterocycles. The molecule has 0 aliphatic carbocycles. The van der Waals surface area contributed by atoms with Gasteiger partial charge >= 0.3 is 0 Å². The van der Waals surface area contributed by atoms with Crippen LogP contribution in [0.1, 0.15) is 13.3 Å². The lowest BCUT2D eigenvalue weighted by Gasteiger charge is -2.15. The van der Waals surface area contributed by atoms with Crippen molar-refractivity contribution >= 4 is 34.8 Å².